The topological polar surface area (TPSA) is 61.3 Å². The molecule has 3 nitrogen and oxygen atoms in total. The maximum Gasteiger partial charge on any atom is 0.124 e. The number of methoxy groups -OCH3 is 1. The lowest BCUT2D eigenvalue weighted by molar-refractivity contribution is 0.401. The fraction of sp³-hybridized carbons (Fsp3) is 0.538. The third-order valence-corrected chi connectivity index (χ3v) is 2.71. The first-order chi connectivity index (χ1) is 7.45. The van der Waals surface area contributed by atoms with Gasteiger partial charge in [-0.3, -0.25) is 0 Å². The van der Waals surface area contributed by atoms with Crippen molar-refractivity contribution < 1.29 is 4.74 Å². The van der Waals surface area contributed by atoms with Gasteiger partial charge >= 0.3 is 0 Å². The maximum atomic E-state index is 6.16. The van der Waals surface area contributed by atoms with Gasteiger partial charge in [-0.05, 0) is 44.4 Å². The summed E-state index contributed by atoms with van der Waals surface area (Å²) in [5.41, 5.74) is 15.4. The normalized spacial score (nSPS) is 14.6. The van der Waals surface area contributed by atoms with Crippen LogP contribution in [0.1, 0.15) is 36.1 Å². The summed E-state index contributed by atoms with van der Waals surface area (Å²) in [7, 11) is 1.68. The Hall–Kier alpha value is -1.06. The van der Waals surface area contributed by atoms with Crippen LogP contribution >= 0.6 is 0 Å². The Morgan fingerprint density at radius 3 is 2.38 bits per heavy atom. The predicted octanol–water partition coefficient (Wildman–Crippen LogP) is 2.05. The number of ether oxygens (including phenoxy) is 1. The Balaban J connectivity index is 3.10. The average molecular weight is 222 g/mol. The van der Waals surface area contributed by atoms with Crippen LogP contribution in [0.5, 0.6) is 5.75 Å². The summed E-state index contributed by atoms with van der Waals surface area (Å²) >= 11 is 0. The van der Waals surface area contributed by atoms with Gasteiger partial charge in [0.05, 0.1) is 7.11 Å². The van der Waals surface area contributed by atoms with E-state index in [4.69, 9.17) is 16.2 Å². The highest BCUT2D eigenvalue weighted by molar-refractivity contribution is 5.44. The summed E-state index contributed by atoms with van der Waals surface area (Å²) < 4.78 is 5.39. The molecule has 0 amide bonds. The van der Waals surface area contributed by atoms with Gasteiger partial charge in [0.25, 0.3) is 0 Å². The Labute approximate surface area is 97.8 Å². The van der Waals surface area contributed by atoms with Crippen LogP contribution in [0.25, 0.3) is 0 Å². The smallest absolute Gasteiger partial charge is 0.124 e. The summed E-state index contributed by atoms with van der Waals surface area (Å²) in [5, 5.41) is 0. The Morgan fingerprint density at radius 1 is 1.25 bits per heavy atom. The van der Waals surface area contributed by atoms with Gasteiger partial charge in [-0.1, -0.05) is 6.07 Å². The van der Waals surface area contributed by atoms with Gasteiger partial charge < -0.3 is 16.2 Å². The lowest BCUT2D eigenvalue weighted by atomic mass is 9.94. The van der Waals surface area contributed by atoms with Crippen molar-refractivity contribution in [2.75, 3.05) is 7.11 Å². The molecule has 0 spiro atoms. The lowest BCUT2D eigenvalue weighted by Crippen LogP contribution is -2.24. The first-order valence-electron chi connectivity index (χ1n) is 5.62. The molecule has 1 rings (SSSR count). The Morgan fingerprint density at radius 2 is 1.88 bits per heavy atom. The summed E-state index contributed by atoms with van der Waals surface area (Å²) in [5.74, 6) is 0.866. The van der Waals surface area contributed by atoms with E-state index in [1.54, 1.807) is 7.11 Å². The van der Waals surface area contributed by atoms with Crippen molar-refractivity contribution in [3.8, 4) is 5.75 Å². The quantitative estimate of drug-likeness (QED) is 0.819. The van der Waals surface area contributed by atoms with Gasteiger partial charge in [0.2, 0.25) is 0 Å². The van der Waals surface area contributed by atoms with E-state index in [1.165, 1.54) is 11.1 Å². The van der Waals surface area contributed by atoms with Gasteiger partial charge in [-0.2, -0.15) is 0 Å². The van der Waals surface area contributed by atoms with E-state index in [-0.39, 0.29) is 12.1 Å². The zero-order chi connectivity index (χ0) is 12.3. The zero-order valence-corrected chi connectivity index (χ0v) is 10.6. The molecule has 2 atom stereocenters. The molecular weight excluding hydrogens is 200 g/mol. The molecule has 0 radical (unpaired) electrons. The van der Waals surface area contributed by atoms with Gasteiger partial charge in [0.1, 0.15) is 5.75 Å². The average Bonchev–Trinajstić information content (AvgIpc) is 2.14. The van der Waals surface area contributed by atoms with Crippen LogP contribution in [-0.4, -0.2) is 13.2 Å². The van der Waals surface area contributed by atoms with Crippen molar-refractivity contribution in [1.82, 2.24) is 0 Å². The highest BCUT2D eigenvalue weighted by Gasteiger charge is 2.16. The minimum Gasteiger partial charge on any atom is -0.496 e. The van der Waals surface area contributed by atoms with Crippen molar-refractivity contribution >= 4 is 0 Å². The van der Waals surface area contributed by atoms with E-state index in [2.05, 4.69) is 19.9 Å². The molecule has 90 valence electrons. The number of hydrogen-bond acceptors (Lipinski definition) is 3. The molecule has 0 aliphatic carbocycles. The molecule has 3 heteroatoms. The third-order valence-electron chi connectivity index (χ3n) is 2.71. The number of hydrogen-bond donors (Lipinski definition) is 2. The van der Waals surface area contributed by atoms with Gasteiger partial charge in [0, 0.05) is 17.6 Å². The van der Waals surface area contributed by atoms with E-state index in [0.29, 0.717) is 0 Å². The molecule has 0 aromatic heterocycles. The van der Waals surface area contributed by atoms with Gasteiger partial charge in [-0.25, -0.2) is 0 Å². The number of rotatable bonds is 4. The highest BCUT2D eigenvalue weighted by atomic mass is 16.5. The monoisotopic (exact) mass is 222 g/mol. The zero-order valence-electron chi connectivity index (χ0n) is 10.6. The molecule has 0 aliphatic heterocycles. The van der Waals surface area contributed by atoms with Crippen LogP contribution in [0.4, 0.5) is 0 Å². The molecule has 0 saturated heterocycles. The van der Waals surface area contributed by atoms with E-state index in [0.717, 1.165) is 17.7 Å². The molecule has 0 bridgehead atoms. The predicted molar refractivity (Wildman–Crippen MR) is 67.7 cm³/mol. The standard InChI is InChI=1S/C13H22N2O/c1-8-5-9(2)13(12(6-8)16-4)11(15)7-10(3)14/h5-6,10-11H,7,14-15H2,1-4H3. The molecule has 0 fully saturated rings. The Bertz CT molecular complexity index is 361. The van der Waals surface area contributed by atoms with Crippen molar-refractivity contribution in [2.45, 2.75) is 39.3 Å². The molecule has 16 heavy (non-hydrogen) atoms. The Kier molecular flexibility index (Phi) is 4.33. The molecule has 0 aliphatic rings. The second kappa shape index (κ2) is 5.32. The molecule has 4 N–H and O–H groups in total. The largest absolute Gasteiger partial charge is 0.496 e. The van der Waals surface area contributed by atoms with Crippen LogP contribution in [0.2, 0.25) is 0 Å². The SMILES string of the molecule is COc1cc(C)cc(C)c1C(N)CC(C)N. The van der Waals surface area contributed by atoms with E-state index in [1.807, 2.05) is 13.0 Å². The first kappa shape index (κ1) is 13.0. The van der Waals surface area contributed by atoms with Crippen LogP contribution < -0.4 is 16.2 Å². The molecule has 0 saturated carbocycles. The van der Waals surface area contributed by atoms with Gasteiger partial charge in [-0.15, -0.1) is 0 Å². The van der Waals surface area contributed by atoms with Crippen LogP contribution in [0.15, 0.2) is 12.1 Å². The number of nitrogens with two attached hydrogens (primary N) is 2. The molecule has 1 aromatic rings. The number of aryl methyl sites for hydroxylation is 2. The van der Waals surface area contributed by atoms with Crippen LogP contribution in [-0.2, 0) is 0 Å². The fourth-order valence-electron chi connectivity index (χ4n) is 2.10. The second-order valence-corrected chi connectivity index (χ2v) is 4.52. The highest BCUT2D eigenvalue weighted by Crippen LogP contribution is 2.30. The number of benzene rings is 1. The van der Waals surface area contributed by atoms with Crippen LogP contribution in [0, 0.1) is 13.8 Å². The first-order valence-corrected chi connectivity index (χ1v) is 5.62. The summed E-state index contributed by atoms with van der Waals surface area (Å²) in [6, 6.07) is 4.18. The van der Waals surface area contributed by atoms with E-state index in [9.17, 15) is 0 Å². The van der Waals surface area contributed by atoms with E-state index < -0.39 is 0 Å². The lowest BCUT2D eigenvalue weighted by Gasteiger charge is -2.20. The summed E-state index contributed by atoms with van der Waals surface area (Å²) in [6.07, 6.45) is 0.764. The third kappa shape index (κ3) is 2.97. The second-order valence-electron chi connectivity index (χ2n) is 4.52. The van der Waals surface area contributed by atoms with Crippen LogP contribution in [0.3, 0.4) is 0 Å². The van der Waals surface area contributed by atoms with Crippen molar-refractivity contribution in [2.24, 2.45) is 11.5 Å². The molecule has 1 aromatic carbocycles. The minimum atomic E-state index is -0.0597. The van der Waals surface area contributed by atoms with Crippen molar-refractivity contribution in [3.63, 3.8) is 0 Å². The molecular formula is C13H22N2O. The molecule has 2 unspecified atom stereocenters. The fourth-order valence-corrected chi connectivity index (χ4v) is 2.10. The van der Waals surface area contributed by atoms with Gasteiger partial charge in [0.15, 0.2) is 0 Å². The van der Waals surface area contributed by atoms with Crippen molar-refractivity contribution in [3.05, 3.63) is 28.8 Å². The minimum absolute atomic E-state index is 0.0597. The maximum absolute atomic E-state index is 6.16. The summed E-state index contributed by atoms with van der Waals surface area (Å²) in [4.78, 5) is 0. The van der Waals surface area contributed by atoms with E-state index >= 15 is 0 Å². The molecule has 0 heterocycles. The summed E-state index contributed by atoms with van der Waals surface area (Å²) in [6.45, 7) is 6.08. The van der Waals surface area contributed by atoms with Crippen molar-refractivity contribution in [1.29, 1.82) is 0 Å².